The Hall–Kier alpha value is -1.90. The van der Waals surface area contributed by atoms with E-state index in [9.17, 15) is 13.2 Å². The van der Waals surface area contributed by atoms with Gasteiger partial charge in [0, 0.05) is 12.4 Å². The first-order valence-corrected chi connectivity index (χ1v) is 4.91. The molecule has 0 amide bonds. The number of aromatic nitrogens is 5. The number of ether oxygens (including phenoxy) is 1. The zero-order chi connectivity index (χ0) is 13.2. The highest BCUT2D eigenvalue weighted by molar-refractivity contribution is 6.28. The Morgan fingerprint density at radius 1 is 1.28 bits per heavy atom. The van der Waals surface area contributed by atoms with Crippen LogP contribution in [-0.2, 0) is 0 Å². The highest BCUT2D eigenvalue weighted by atomic mass is 35.5. The molecule has 2 aromatic heterocycles. The van der Waals surface area contributed by atoms with Gasteiger partial charge in [0.25, 0.3) is 0 Å². The predicted octanol–water partition coefficient (Wildman–Crippen LogP) is 1.65. The molecule has 0 aliphatic carbocycles. The molecule has 0 aliphatic heterocycles. The average molecular weight is 280 g/mol. The Labute approximate surface area is 103 Å². The van der Waals surface area contributed by atoms with Crippen LogP contribution in [-0.4, -0.2) is 37.3 Å². The van der Waals surface area contributed by atoms with E-state index in [-0.39, 0.29) is 11.2 Å². The van der Waals surface area contributed by atoms with Crippen molar-refractivity contribution in [3.05, 3.63) is 24.0 Å². The van der Waals surface area contributed by atoms with E-state index in [4.69, 9.17) is 11.6 Å². The van der Waals surface area contributed by atoms with Gasteiger partial charge >= 0.3 is 12.2 Å². The number of alkyl halides is 3. The highest BCUT2D eigenvalue weighted by Crippen LogP contribution is 2.17. The topological polar surface area (TPSA) is 65.7 Å². The molecule has 0 saturated carbocycles. The van der Waals surface area contributed by atoms with Crippen LogP contribution in [0.4, 0.5) is 13.2 Å². The molecular weight excluding hydrogens is 275 g/mol. The third-order valence-electron chi connectivity index (χ3n) is 1.68. The Bertz CT molecular complexity index is 530. The van der Waals surface area contributed by atoms with Gasteiger partial charge in [-0.3, -0.25) is 4.57 Å². The summed E-state index contributed by atoms with van der Waals surface area (Å²) < 4.78 is 41.7. The first kappa shape index (κ1) is 12.6. The minimum absolute atomic E-state index is 0.0182. The summed E-state index contributed by atoms with van der Waals surface area (Å²) in [6.07, 6.45) is -0.166. The van der Waals surface area contributed by atoms with Crippen molar-refractivity contribution in [1.29, 1.82) is 0 Å². The molecule has 0 spiro atoms. The van der Waals surface area contributed by atoms with E-state index in [1.165, 1.54) is 23.3 Å². The highest BCUT2D eigenvalue weighted by Gasteiger charge is 2.29. The van der Waals surface area contributed by atoms with Crippen molar-refractivity contribution in [2.75, 3.05) is 6.61 Å². The van der Waals surface area contributed by atoms with E-state index >= 15 is 0 Å². The Kier molecular flexibility index (Phi) is 3.32. The molecule has 2 rings (SSSR count). The summed E-state index contributed by atoms with van der Waals surface area (Å²) >= 11 is 5.56. The maximum Gasteiger partial charge on any atom is 0.422 e. The summed E-state index contributed by atoms with van der Waals surface area (Å²) in [6, 6.07) is -0.504. The van der Waals surface area contributed by atoms with Crippen molar-refractivity contribution >= 4 is 11.6 Å². The van der Waals surface area contributed by atoms with Crippen LogP contribution in [0.2, 0.25) is 5.28 Å². The average Bonchev–Trinajstić information content (AvgIpc) is 2.78. The predicted molar refractivity (Wildman–Crippen MR) is 53.5 cm³/mol. The lowest BCUT2D eigenvalue weighted by atomic mass is 10.7. The Morgan fingerprint density at radius 3 is 2.67 bits per heavy atom. The zero-order valence-corrected chi connectivity index (χ0v) is 9.35. The van der Waals surface area contributed by atoms with Crippen LogP contribution >= 0.6 is 11.6 Å². The van der Waals surface area contributed by atoms with E-state index in [2.05, 4.69) is 24.7 Å². The van der Waals surface area contributed by atoms with Crippen LogP contribution in [0.25, 0.3) is 5.95 Å². The van der Waals surface area contributed by atoms with E-state index in [0.29, 0.717) is 0 Å². The smallest absolute Gasteiger partial charge is 0.422 e. The lowest BCUT2D eigenvalue weighted by Gasteiger charge is -2.08. The van der Waals surface area contributed by atoms with Gasteiger partial charge in [-0.05, 0) is 11.6 Å². The van der Waals surface area contributed by atoms with Crippen molar-refractivity contribution in [3.8, 4) is 12.0 Å². The molecule has 0 unspecified atom stereocenters. The van der Waals surface area contributed by atoms with Gasteiger partial charge in [0.1, 0.15) is 6.33 Å². The molecule has 2 heterocycles. The number of halogens is 4. The fraction of sp³-hybridized carbons (Fsp3) is 0.250. The van der Waals surface area contributed by atoms with E-state index in [1.54, 1.807) is 0 Å². The van der Waals surface area contributed by atoms with Gasteiger partial charge in [-0.1, -0.05) is 0 Å². The molecule has 0 fully saturated rings. The molecule has 0 saturated heterocycles. The second-order valence-corrected chi connectivity index (χ2v) is 3.40. The molecular formula is C8H5ClF3N5O. The van der Waals surface area contributed by atoms with Crippen molar-refractivity contribution in [3.63, 3.8) is 0 Å². The summed E-state index contributed by atoms with van der Waals surface area (Å²) in [5.41, 5.74) is 0. The van der Waals surface area contributed by atoms with Gasteiger partial charge in [0.2, 0.25) is 11.2 Å². The van der Waals surface area contributed by atoms with Gasteiger partial charge in [0.05, 0.1) is 0 Å². The zero-order valence-electron chi connectivity index (χ0n) is 8.60. The lowest BCUT2D eigenvalue weighted by molar-refractivity contribution is -0.154. The van der Waals surface area contributed by atoms with Crippen molar-refractivity contribution in [2.45, 2.75) is 6.18 Å². The number of imidazole rings is 1. The first-order chi connectivity index (χ1) is 8.44. The second kappa shape index (κ2) is 4.77. The summed E-state index contributed by atoms with van der Waals surface area (Å²) in [5, 5.41) is -0.272. The van der Waals surface area contributed by atoms with Crippen LogP contribution in [0.3, 0.4) is 0 Å². The molecule has 2 aromatic rings. The van der Waals surface area contributed by atoms with Crippen molar-refractivity contribution in [2.24, 2.45) is 0 Å². The second-order valence-electron chi connectivity index (χ2n) is 3.06. The van der Waals surface area contributed by atoms with Crippen molar-refractivity contribution in [1.82, 2.24) is 24.5 Å². The monoisotopic (exact) mass is 279 g/mol. The summed E-state index contributed by atoms with van der Waals surface area (Å²) in [6.45, 7) is -1.50. The number of hydrogen-bond acceptors (Lipinski definition) is 5. The normalized spacial score (nSPS) is 11.6. The van der Waals surface area contributed by atoms with E-state index in [1.807, 2.05) is 0 Å². The molecule has 0 aromatic carbocycles. The molecule has 18 heavy (non-hydrogen) atoms. The van der Waals surface area contributed by atoms with Gasteiger partial charge in [-0.15, -0.1) is 0 Å². The fourth-order valence-corrected chi connectivity index (χ4v) is 1.17. The molecule has 10 heteroatoms. The van der Waals surface area contributed by atoms with Crippen LogP contribution in [0.1, 0.15) is 0 Å². The summed E-state index contributed by atoms with van der Waals surface area (Å²) in [5.74, 6) is 0.0182. The van der Waals surface area contributed by atoms with E-state index in [0.717, 1.165) is 0 Å². The van der Waals surface area contributed by atoms with Crippen molar-refractivity contribution < 1.29 is 17.9 Å². The first-order valence-electron chi connectivity index (χ1n) is 4.53. The Balaban J connectivity index is 2.22. The minimum atomic E-state index is -4.48. The number of hydrogen-bond donors (Lipinski definition) is 0. The lowest BCUT2D eigenvalue weighted by Crippen LogP contribution is -2.20. The number of rotatable bonds is 3. The van der Waals surface area contributed by atoms with Crippen LogP contribution in [0.15, 0.2) is 18.7 Å². The van der Waals surface area contributed by atoms with Gasteiger partial charge in [0.15, 0.2) is 6.61 Å². The molecule has 0 bridgehead atoms. The molecule has 6 nitrogen and oxygen atoms in total. The molecule has 0 N–H and O–H groups in total. The third kappa shape index (κ3) is 3.29. The van der Waals surface area contributed by atoms with Gasteiger partial charge in [-0.2, -0.15) is 28.1 Å². The maximum atomic E-state index is 12.0. The van der Waals surface area contributed by atoms with Gasteiger partial charge in [-0.25, -0.2) is 4.98 Å². The van der Waals surface area contributed by atoms with Crippen LogP contribution in [0, 0.1) is 0 Å². The van der Waals surface area contributed by atoms with Crippen LogP contribution in [0.5, 0.6) is 6.01 Å². The fourth-order valence-electron chi connectivity index (χ4n) is 1.03. The molecule has 96 valence electrons. The molecule has 0 atom stereocenters. The summed E-state index contributed by atoms with van der Waals surface area (Å²) in [4.78, 5) is 14.6. The SMILES string of the molecule is FC(F)(F)COc1nc(Cl)nc(-n2ccnc2)n1. The summed E-state index contributed by atoms with van der Waals surface area (Å²) in [7, 11) is 0. The molecule has 0 radical (unpaired) electrons. The van der Waals surface area contributed by atoms with Gasteiger partial charge < -0.3 is 4.74 Å². The standard InChI is InChI=1S/C8H5ClF3N5O/c9-5-14-6(17-2-1-13-4-17)16-7(15-5)18-3-8(10,11)12/h1-2,4H,3H2. The van der Waals surface area contributed by atoms with Crippen LogP contribution < -0.4 is 4.74 Å². The number of nitrogens with zero attached hydrogens (tertiary/aromatic N) is 5. The molecule has 0 aliphatic rings. The maximum absolute atomic E-state index is 12.0. The minimum Gasteiger partial charge on any atom is -0.454 e. The quantitative estimate of drug-likeness (QED) is 0.855. The van der Waals surface area contributed by atoms with E-state index < -0.39 is 18.8 Å². The third-order valence-corrected chi connectivity index (χ3v) is 1.85. The largest absolute Gasteiger partial charge is 0.454 e. The Morgan fingerprint density at radius 2 is 2.06 bits per heavy atom.